The van der Waals surface area contributed by atoms with Gasteiger partial charge in [-0.25, -0.2) is 21.9 Å². The van der Waals surface area contributed by atoms with E-state index in [9.17, 15) is 17.2 Å². The van der Waals surface area contributed by atoms with Crippen molar-refractivity contribution in [2.24, 2.45) is 0 Å². The number of aromatic nitrogens is 1. The summed E-state index contributed by atoms with van der Waals surface area (Å²) in [5, 5.41) is 12.5. The van der Waals surface area contributed by atoms with E-state index in [1.807, 2.05) is 0 Å². The largest absolute Gasteiger partial charge is 0.392 e. The summed E-state index contributed by atoms with van der Waals surface area (Å²) in [6.45, 7) is 0.789. The summed E-state index contributed by atoms with van der Waals surface area (Å²) in [7, 11) is -4.29. The Morgan fingerprint density at radius 3 is 2.62 bits per heavy atom. The Bertz CT molecular complexity index is 759. The average Bonchev–Trinajstić information content (AvgIpc) is 2.85. The van der Waals surface area contributed by atoms with Gasteiger partial charge in [-0.3, -0.25) is 0 Å². The summed E-state index contributed by atoms with van der Waals surface area (Å²) in [5.74, 6) is -2.36. The number of nitrogens with one attached hydrogen (secondary N) is 1. The summed E-state index contributed by atoms with van der Waals surface area (Å²) >= 11 is 0. The van der Waals surface area contributed by atoms with Crippen molar-refractivity contribution in [3.05, 3.63) is 46.9 Å². The van der Waals surface area contributed by atoms with Gasteiger partial charge >= 0.3 is 0 Å². The van der Waals surface area contributed by atoms with Crippen LogP contribution in [-0.2, 0) is 23.2 Å². The number of halogens is 2. The van der Waals surface area contributed by atoms with E-state index in [0.29, 0.717) is 11.5 Å². The minimum absolute atomic E-state index is 0.0495. The van der Waals surface area contributed by atoms with Gasteiger partial charge in [-0.1, -0.05) is 5.16 Å². The quantitative estimate of drug-likeness (QED) is 0.865. The molecule has 21 heavy (non-hydrogen) atoms. The van der Waals surface area contributed by atoms with Gasteiger partial charge in [-0.05, 0) is 24.6 Å². The highest BCUT2D eigenvalue weighted by atomic mass is 32.2. The van der Waals surface area contributed by atoms with Crippen LogP contribution < -0.4 is 4.72 Å². The molecule has 0 radical (unpaired) electrons. The van der Waals surface area contributed by atoms with Gasteiger partial charge in [0.25, 0.3) is 0 Å². The third kappa shape index (κ3) is 3.43. The molecule has 114 valence electrons. The van der Waals surface area contributed by atoms with E-state index in [4.69, 9.17) is 9.63 Å². The highest BCUT2D eigenvalue weighted by molar-refractivity contribution is 7.89. The Morgan fingerprint density at radius 2 is 2.05 bits per heavy atom. The highest BCUT2D eigenvalue weighted by Crippen LogP contribution is 2.20. The molecule has 0 spiro atoms. The molecule has 2 aromatic rings. The number of hydrogen-bond acceptors (Lipinski definition) is 5. The predicted molar refractivity (Wildman–Crippen MR) is 67.5 cm³/mol. The first-order valence-electron chi connectivity index (χ1n) is 5.84. The van der Waals surface area contributed by atoms with Crippen molar-refractivity contribution < 1.29 is 26.8 Å². The molecule has 0 unspecified atom stereocenters. The molecule has 1 aromatic carbocycles. The summed E-state index contributed by atoms with van der Waals surface area (Å²) in [5.41, 5.74) is 0.252. The molecule has 0 fully saturated rings. The third-order valence-corrected chi connectivity index (χ3v) is 4.05. The number of aliphatic hydroxyl groups is 1. The normalized spacial score (nSPS) is 11.8. The highest BCUT2D eigenvalue weighted by Gasteiger charge is 2.23. The fourth-order valence-corrected chi connectivity index (χ4v) is 2.79. The Balaban J connectivity index is 2.29. The molecule has 0 aliphatic heterocycles. The summed E-state index contributed by atoms with van der Waals surface area (Å²) < 4.78 is 57.8. The lowest BCUT2D eigenvalue weighted by atomic mass is 10.2. The first-order chi connectivity index (χ1) is 9.83. The molecule has 0 amide bonds. The first-order valence-corrected chi connectivity index (χ1v) is 7.32. The van der Waals surface area contributed by atoms with E-state index in [1.165, 1.54) is 6.07 Å². The predicted octanol–water partition coefficient (Wildman–Crippen LogP) is 1.23. The maximum absolute atomic E-state index is 13.6. The van der Waals surface area contributed by atoms with E-state index in [-0.39, 0.29) is 12.1 Å². The van der Waals surface area contributed by atoms with Crippen LogP contribution in [0.1, 0.15) is 17.0 Å². The van der Waals surface area contributed by atoms with Gasteiger partial charge in [-0.15, -0.1) is 0 Å². The Morgan fingerprint density at radius 1 is 1.33 bits per heavy atom. The Kier molecular flexibility index (Phi) is 4.35. The number of nitrogens with zero attached hydrogens (tertiary/aromatic N) is 1. The van der Waals surface area contributed by atoms with Crippen LogP contribution in [0.3, 0.4) is 0 Å². The molecule has 6 nitrogen and oxygen atoms in total. The lowest BCUT2D eigenvalue weighted by Gasteiger charge is -2.08. The summed E-state index contributed by atoms with van der Waals surface area (Å²) in [6.07, 6.45) is 0. The van der Waals surface area contributed by atoms with Crippen molar-refractivity contribution in [1.29, 1.82) is 0 Å². The van der Waals surface area contributed by atoms with E-state index in [1.54, 1.807) is 6.92 Å². The number of aliphatic hydroxyl groups excluding tert-OH is 1. The maximum atomic E-state index is 13.6. The molecule has 0 bridgehead atoms. The van der Waals surface area contributed by atoms with E-state index < -0.39 is 33.2 Å². The van der Waals surface area contributed by atoms with Crippen molar-refractivity contribution in [2.45, 2.75) is 25.0 Å². The smallest absolute Gasteiger partial charge is 0.243 e. The van der Waals surface area contributed by atoms with Crippen molar-refractivity contribution in [2.75, 3.05) is 0 Å². The zero-order valence-corrected chi connectivity index (χ0v) is 11.7. The molecule has 1 aromatic heterocycles. The van der Waals surface area contributed by atoms with Crippen molar-refractivity contribution in [1.82, 2.24) is 9.88 Å². The molecule has 0 aliphatic rings. The molecule has 1 heterocycles. The van der Waals surface area contributed by atoms with Crippen LogP contribution in [0.25, 0.3) is 0 Å². The molecular weight excluding hydrogens is 306 g/mol. The SMILES string of the molecule is Cc1cc(CNS(=O)(=O)c2cc(CO)cc(F)c2F)no1. The standard InChI is InChI=1S/C12H12F2N2O4S/c1-7-2-9(16-20-7)5-15-21(18,19)11-4-8(6-17)3-10(13)12(11)14/h2-4,15,17H,5-6H2,1H3. The second kappa shape index (κ2) is 5.88. The van der Waals surface area contributed by atoms with Crippen LogP contribution in [-0.4, -0.2) is 18.7 Å². The topological polar surface area (TPSA) is 92.4 Å². The fourth-order valence-electron chi connectivity index (χ4n) is 1.65. The van der Waals surface area contributed by atoms with Gasteiger partial charge in [0.2, 0.25) is 10.0 Å². The Labute approximate surface area is 119 Å². The van der Waals surface area contributed by atoms with Crippen LogP contribution in [0.5, 0.6) is 0 Å². The van der Waals surface area contributed by atoms with E-state index in [0.717, 1.165) is 12.1 Å². The minimum atomic E-state index is -4.29. The fraction of sp³-hybridized carbons (Fsp3) is 0.250. The number of benzene rings is 1. The molecule has 0 saturated carbocycles. The lowest BCUT2D eigenvalue weighted by Crippen LogP contribution is -2.25. The minimum Gasteiger partial charge on any atom is -0.392 e. The molecule has 9 heteroatoms. The van der Waals surface area contributed by atoms with Gasteiger partial charge in [0.1, 0.15) is 10.7 Å². The molecule has 0 atom stereocenters. The lowest BCUT2D eigenvalue weighted by molar-refractivity contribution is 0.280. The van der Waals surface area contributed by atoms with Crippen LogP contribution in [0.4, 0.5) is 8.78 Å². The first kappa shape index (κ1) is 15.5. The van der Waals surface area contributed by atoms with Gasteiger partial charge in [-0.2, -0.15) is 0 Å². The molecule has 0 saturated heterocycles. The molecule has 0 aliphatic carbocycles. The monoisotopic (exact) mass is 318 g/mol. The molecule has 2 rings (SSSR count). The Hall–Kier alpha value is -1.84. The van der Waals surface area contributed by atoms with Crippen LogP contribution in [0, 0.1) is 18.6 Å². The zero-order valence-electron chi connectivity index (χ0n) is 10.9. The number of rotatable bonds is 5. The molecular formula is C12H12F2N2O4S. The maximum Gasteiger partial charge on any atom is 0.243 e. The second-order valence-electron chi connectivity index (χ2n) is 4.30. The van der Waals surface area contributed by atoms with Crippen LogP contribution in [0.15, 0.2) is 27.6 Å². The average molecular weight is 318 g/mol. The van der Waals surface area contributed by atoms with Gasteiger partial charge < -0.3 is 9.63 Å². The number of aryl methyl sites for hydroxylation is 1. The number of sulfonamides is 1. The van der Waals surface area contributed by atoms with Crippen molar-refractivity contribution in [3.63, 3.8) is 0 Å². The second-order valence-corrected chi connectivity index (χ2v) is 6.04. The van der Waals surface area contributed by atoms with Crippen molar-refractivity contribution in [3.8, 4) is 0 Å². The van der Waals surface area contributed by atoms with Crippen LogP contribution in [0.2, 0.25) is 0 Å². The van der Waals surface area contributed by atoms with Gasteiger partial charge in [0.15, 0.2) is 11.6 Å². The number of hydrogen-bond donors (Lipinski definition) is 2. The van der Waals surface area contributed by atoms with Gasteiger partial charge in [0, 0.05) is 6.07 Å². The van der Waals surface area contributed by atoms with Gasteiger partial charge in [0.05, 0.1) is 18.8 Å². The van der Waals surface area contributed by atoms with Crippen LogP contribution >= 0.6 is 0 Å². The van der Waals surface area contributed by atoms with Crippen molar-refractivity contribution >= 4 is 10.0 Å². The zero-order chi connectivity index (χ0) is 15.6. The summed E-state index contributed by atoms with van der Waals surface area (Å²) in [6, 6.07) is 3.10. The van der Waals surface area contributed by atoms with E-state index in [2.05, 4.69) is 9.88 Å². The molecule has 2 N–H and O–H groups in total. The third-order valence-electron chi connectivity index (χ3n) is 2.65. The summed E-state index contributed by atoms with van der Waals surface area (Å²) in [4.78, 5) is -0.869. The van der Waals surface area contributed by atoms with E-state index >= 15 is 0 Å².